The lowest BCUT2D eigenvalue weighted by Gasteiger charge is -2.26. The number of benzene rings is 1. The van der Waals surface area contributed by atoms with E-state index in [0.29, 0.717) is 65.5 Å². The first-order valence-electron chi connectivity index (χ1n) is 10.4. The van der Waals surface area contributed by atoms with E-state index in [9.17, 15) is 19.6 Å². The molecule has 0 spiro atoms. The number of nitrogens with zero attached hydrogens (tertiary/aromatic N) is 2. The zero-order chi connectivity index (χ0) is 22.8. The fourth-order valence-corrected chi connectivity index (χ4v) is 4.10. The molecule has 0 aliphatic carbocycles. The third kappa shape index (κ3) is 4.13. The first-order chi connectivity index (χ1) is 15.4. The van der Waals surface area contributed by atoms with Crippen LogP contribution in [-0.2, 0) is 9.59 Å². The van der Waals surface area contributed by atoms with E-state index in [1.807, 2.05) is 18.7 Å². The largest absolute Gasteiger partial charge is 0.358 e. The van der Waals surface area contributed by atoms with E-state index in [0.717, 1.165) is 12.1 Å². The fourth-order valence-electron chi connectivity index (χ4n) is 4.10. The Morgan fingerprint density at radius 3 is 2.88 bits per heavy atom. The Morgan fingerprint density at radius 1 is 1.31 bits per heavy atom. The summed E-state index contributed by atoms with van der Waals surface area (Å²) in [4.78, 5) is 42.0. The number of H-pyrrole nitrogens is 1. The van der Waals surface area contributed by atoms with Crippen molar-refractivity contribution in [1.29, 1.82) is 5.26 Å². The second-order valence-corrected chi connectivity index (χ2v) is 7.93. The second-order valence-electron chi connectivity index (χ2n) is 7.93. The molecule has 2 aliphatic heterocycles. The van der Waals surface area contributed by atoms with Gasteiger partial charge in [0, 0.05) is 48.8 Å². The Hall–Kier alpha value is -3.90. The van der Waals surface area contributed by atoms with Gasteiger partial charge in [-0.15, -0.1) is 0 Å². The van der Waals surface area contributed by atoms with Crippen LogP contribution in [0.25, 0.3) is 11.6 Å². The maximum Gasteiger partial charge on any atom is 0.256 e. The minimum Gasteiger partial charge on any atom is -0.358 e. The van der Waals surface area contributed by atoms with Gasteiger partial charge in [-0.05, 0) is 43.7 Å². The number of anilines is 1. The predicted octanol–water partition coefficient (Wildman–Crippen LogP) is 1.16. The van der Waals surface area contributed by atoms with Crippen LogP contribution in [0.1, 0.15) is 38.4 Å². The monoisotopic (exact) mass is 432 g/mol. The highest BCUT2D eigenvalue weighted by Gasteiger charge is 2.26. The highest BCUT2D eigenvalue weighted by Crippen LogP contribution is 2.34. The van der Waals surface area contributed by atoms with Crippen LogP contribution in [0.4, 0.5) is 5.69 Å². The van der Waals surface area contributed by atoms with Gasteiger partial charge in [0.1, 0.15) is 0 Å². The third-order valence-corrected chi connectivity index (χ3v) is 5.75. The van der Waals surface area contributed by atoms with Gasteiger partial charge in [-0.1, -0.05) is 0 Å². The van der Waals surface area contributed by atoms with E-state index in [-0.39, 0.29) is 17.7 Å². The van der Waals surface area contributed by atoms with Crippen LogP contribution < -0.4 is 16.0 Å². The number of fused-ring (bicyclic) bond motifs is 1. The number of carbonyl (C=O) groups is 3. The zero-order valence-corrected chi connectivity index (χ0v) is 18.0. The summed E-state index contributed by atoms with van der Waals surface area (Å²) >= 11 is 0. The number of hydrogen-bond acceptors (Lipinski definition) is 5. The SMILES string of the molecule is Cc1[nH]c(/C=C2\C(=O)Nc3ccc(C#N)cc32)c(C)c1C(=O)NCCN1CCNC(=O)C1. The molecule has 3 amide bonds. The van der Waals surface area contributed by atoms with Crippen molar-refractivity contribution in [3.8, 4) is 6.07 Å². The smallest absolute Gasteiger partial charge is 0.256 e. The van der Waals surface area contributed by atoms with Crippen molar-refractivity contribution in [2.45, 2.75) is 13.8 Å². The van der Waals surface area contributed by atoms with Crippen LogP contribution in [0, 0.1) is 25.2 Å². The molecule has 0 atom stereocenters. The quantitative estimate of drug-likeness (QED) is 0.527. The maximum absolute atomic E-state index is 12.8. The molecule has 4 rings (SSSR count). The Bertz CT molecular complexity index is 1190. The van der Waals surface area contributed by atoms with E-state index in [1.165, 1.54) is 0 Å². The first-order valence-corrected chi connectivity index (χ1v) is 10.4. The molecule has 1 fully saturated rings. The lowest BCUT2D eigenvalue weighted by atomic mass is 10.0. The standard InChI is InChI=1S/C23H24N6O3/c1-13-19(10-17-16-9-15(11-24)3-4-18(16)28-22(17)31)27-14(2)21(13)23(32)26-6-8-29-7-5-25-20(30)12-29/h3-4,9-10,27H,5-8,12H2,1-2H3,(H,25,30)(H,26,32)(H,28,31)/b17-10-. The summed E-state index contributed by atoms with van der Waals surface area (Å²) in [5.74, 6) is -0.458. The van der Waals surface area contributed by atoms with Crippen molar-refractivity contribution >= 4 is 35.1 Å². The molecule has 1 aromatic heterocycles. The average Bonchev–Trinajstić information content (AvgIpc) is 3.22. The predicted molar refractivity (Wildman–Crippen MR) is 120 cm³/mol. The van der Waals surface area contributed by atoms with Gasteiger partial charge in [0.25, 0.3) is 11.8 Å². The number of aromatic amines is 1. The Labute approximate surface area is 185 Å². The molecule has 1 saturated heterocycles. The highest BCUT2D eigenvalue weighted by molar-refractivity contribution is 6.35. The van der Waals surface area contributed by atoms with Crippen molar-refractivity contribution in [2.24, 2.45) is 0 Å². The molecule has 1 aromatic carbocycles. The van der Waals surface area contributed by atoms with Crippen LogP contribution in [0.5, 0.6) is 0 Å². The van der Waals surface area contributed by atoms with Crippen LogP contribution >= 0.6 is 0 Å². The molecule has 9 heteroatoms. The van der Waals surface area contributed by atoms with Crippen LogP contribution in [0.15, 0.2) is 18.2 Å². The van der Waals surface area contributed by atoms with E-state index in [1.54, 1.807) is 24.3 Å². The summed E-state index contributed by atoms with van der Waals surface area (Å²) in [7, 11) is 0. The second kappa shape index (κ2) is 8.69. The maximum atomic E-state index is 12.8. The number of aryl methyl sites for hydroxylation is 1. The summed E-state index contributed by atoms with van der Waals surface area (Å²) in [6.45, 7) is 6.39. The molecule has 32 heavy (non-hydrogen) atoms. The molecule has 4 N–H and O–H groups in total. The molecule has 9 nitrogen and oxygen atoms in total. The number of nitriles is 1. The van der Waals surface area contributed by atoms with Gasteiger partial charge >= 0.3 is 0 Å². The number of nitrogens with one attached hydrogen (secondary N) is 4. The zero-order valence-electron chi connectivity index (χ0n) is 18.0. The van der Waals surface area contributed by atoms with Gasteiger partial charge in [0.2, 0.25) is 5.91 Å². The van der Waals surface area contributed by atoms with Crippen molar-refractivity contribution in [3.63, 3.8) is 0 Å². The summed E-state index contributed by atoms with van der Waals surface area (Å²) in [6, 6.07) is 7.14. The molecule has 2 aliphatic rings. The average molecular weight is 432 g/mol. The fraction of sp³-hybridized carbons (Fsp3) is 0.304. The van der Waals surface area contributed by atoms with E-state index < -0.39 is 0 Å². The number of carbonyl (C=O) groups excluding carboxylic acids is 3. The molecule has 164 valence electrons. The molecular weight excluding hydrogens is 408 g/mol. The molecule has 3 heterocycles. The molecule has 0 bridgehead atoms. The van der Waals surface area contributed by atoms with Gasteiger partial charge in [-0.3, -0.25) is 19.3 Å². The summed E-state index contributed by atoms with van der Waals surface area (Å²) < 4.78 is 0. The van der Waals surface area contributed by atoms with Crippen molar-refractivity contribution in [3.05, 3.63) is 51.8 Å². The number of aromatic nitrogens is 1. The summed E-state index contributed by atoms with van der Waals surface area (Å²) in [6.07, 6.45) is 1.72. The van der Waals surface area contributed by atoms with E-state index in [2.05, 4.69) is 27.0 Å². The Kier molecular flexibility index (Phi) is 5.79. The molecular formula is C23H24N6O3. The number of rotatable bonds is 5. The van der Waals surface area contributed by atoms with Gasteiger partial charge < -0.3 is 20.9 Å². The summed E-state index contributed by atoms with van der Waals surface area (Å²) in [5.41, 5.74) is 4.88. The van der Waals surface area contributed by atoms with Gasteiger partial charge in [0.15, 0.2) is 0 Å². The highest BCUT2D eigenvalue weighted by atomic mass is 16.2. The molecule has 0 radical (unpaired) electrons. The van der Waals surface area contributed by atoms with Gasteiger partial charge in [-0.2, -0.15) is 5.26 Å². The van der Waals surface area contributed by atoms with Crippen LogP contribution in [0.3, 0.4) is 0 Å². The van der Waals surface area contributed by atoms with E-state index >= 15 is 0 Å². The minimum absolute atomic E-state index is 0.00278. The number of amides is 3. The summed E-state index contributed by atoms with van der Waals surface area (Å²) in [5, 5.41) is 17.7. The van der Waals surface area contributed by atoms with E-state index in [4.69, 9.17) is 0 Å². The Morgan fingerprint density at radius 2 is 2.12 bits per heavy atom. The first kappa shape index (κ1) is 21.3. The van der Waals surface area contributed by atoms with Crippen LogP contribution in [-0.4, -0.2) is 60.3 Å². The van der Waals surface area contributed by atoms with Crippen LogP contribution in [0.2, 0.25) is 0 Å². The topological polar surface area (TPSA) is 130 Å². The number of piperazine rings is 1. The minimum atomic E-state index is -0.252. The third-order valence-electron chi connectivity index (χ3n) is 5.75. The molecule has 0 saturated carbocycles. The lowest BCUT2D eigenvalue weighted by molar-refractivity contribution is -0.124. The molecule has 0 unspecified atom stereocenters. The lowest BCUT2D eigenvalue weighted by Crippen LogP contribution is -2.49. The Balaban J connectivity index is 1.51. The normalized spacial score (nSPS) is 17.0. The van der Waals surface area contributed by atoms with Crippen molar-refractivity contribution < 1.29 is 14.4 Å². The number of hydrogen-bond donors (Lipinski definition) is 4. The van der Waals surface area contributed by atoms with Gasteiger partial charge in [-0.25, -0.2) is 0 Å². The molecule has 2 aromatic rings. The van der Waals surface area contributed by atoms with Crippen molar-refractivity contribution in [1.82, 2.24) is 20.5 Å². The van der Waals surface area contributed by atoms with Gasteiger partial charge in [0.05, 0.1) is 29.3 Å². The van der Waals surface area contributed by atoms with Crippen molar-refractivity contribution in [2.75, 3.05) is 38.0 Å².